The van der Waals surface area contributed by atoms with Gasteiger partial charge in [-0.3, -0.25) is 0 Å². The van der Waals surface area contributed by atoms with Crippen LogP contribution in [0.25, 0.3) is 0 Å². The molecule has 0 amide bonds. The highest BCUT2D eigenvalue weighted by Gasteiger charge is 2.30. The summed E-state index contributed by atoms with van der Waals surface area (Å²) in [6, 6.07) is 2.72. The smallest absolute Gasteiger partial charge is 0.244 e. The van der Waals surface area contributed by atoms with Crippen LogP contribution in [-0.2, 0) is 10.0 Å². The molecule has 114 valence electrons. The van der Waals surface area contributed by atoms with Crippen LogP contribution in [0.1, 0.15) is 12.8 Å². The molecule has 1 aliphatic heterocycles. The lowest BCUT2D eigenvalue weighted by atomic mass is 10.1. The first kappa shape index (κ1) is 18.5. The molecule has 0 bridgehead atoms. The molecule has 1 atom stereocenters. The molecule has 1 saturated heterocycles. The average molecular weight is 425 g/mol. The summed E-state index contributed by atoms with van der Waals surface area (Å²) in [7, 11) is -3.63. The maximum absolute atomic E-state index is 12.5. The van der Waals surface area contributed by atoms with Crippen LogP contribution >= 0.6 is 51.5 Å². The Morgan fingerprint density at radius 2 is 1.95 bits per heavy atom. The zero-order valence-corrected chi connectivity index (χ0v) is 15.1. The van der Waals surface area contributed by atoms with Crippen molar-refractivity contribution >= 4 is 61.6 Å². The number of nitrogens with zero attached hydrogens (tertiary/aromatic N) is 1. The molecule has 1 aromatic rings. The normalized spacial score (nSPS) is 20.5. The average Bonchev–Trinajstić information content (AvgIpc) is 2.33. The fraction of sp³-hybridized carbons (Fsp3) is 0.455. The van der Waals surface area contributed by atoms with Crippen molar-refractivity contribution in [1.82, 2.24) is 4.31 Å². The molecule has 0 aliphatic carbocycles. The van der Waals surface area contributed by atoms with E-state index < -0.39 is 10.0 Å². The number of piperidine rings is 1. The summed E-state index contributed by atoms with van der Waals surface area (Å²) >= 11 is 15.1. The Morgan fingerprint density at radius 1 is 1.30 bits per heavy atom. The highest BCUT2D eigenvalue weighted by atomic mass is 79.9. The number of hydrogen-bond donors (Lipinski definition) is 1. The first-order chi connectivity index (χ1) is 8.82. The van der Waals surface area contributed by atoms with Gasteiger partial charge < -0.3 is 5.73 Å². The van der Waals surface area contributed by atoms with E-state index in [9.17, 15) is 8.42 Å². The van der Waals surface area contributed by atoms with Gasteiger partial charge in [-0.15, -0.1) is 12.4 Å². The summed E-state index contributed by atoms with van der Waals surface area (Å²) in [5, 5.41) is 0.492. The van der Waals surface area contributed by atoms with Crippen molar-refractivity contribution < 1.29 is 8.42 Å². The van der Waals surface area contributed by atoms with Gasteiger partial charge in [0.15, 0.2) is 0 Å². The van der Waals surface area contributed by atoms with Crippen LogP contribution in [-0.4, -0.2) is 31.9 Å². The second-order valence-electron chi connectivity index (χ2n) is 4.46. The van der Waals surface area contributed by atoms with Gasteiger partial charge >= 0.3 is 0 Å². The number of halogens is 4. The standard InChI is InChI=1S/C11H13BrCl2N2O2S.ClH/c12-8-4-11(10(14)5-9(8)13)19(17,18)16-3-1-2-7(15)6-16;/h4-5,7H,1-3,6,15H2;1H. The van der Waals surface area contributed by atoms with E-state index in [0.717, 1.165) is 12.8 Å². The molecule has 20 heavy (non-hydrogen) atoms. The predicted octanol–water partition coefficient (Wildman–Crippen LogP) is 3.29. The van der Waals surface area contributed by atoms with Gasteiger partial charge in [0, 0.05) is 23.6 Å². The highest BCUT2D eigenvalue weighted by Crippen LogP contribution is 2.33. The van der Waals surface area contributed by atoms with Crippen LogP contribution in [0, 0.1) is 0 Å². The summed E-state index contributed by atoms with van der Waals surface area (Å²) in [5.74, 6) is 0. The van der Waals surface area contributed by atoms with Crippen LogP contribution in [0.2, 0.25) is 10.0 Å². The third-order valence-corrected chi connectivity index (χ3v) is 6.54. The van der Waals surface area contributed by atoms with Crippen LogP contribution < -0.4 is 5.73 Å². The summed E-state index contributed by atoms with van der Waals surface area (Å²) in [5.41, 5.74) is 5.82. The van der Waals surface area contributed by atoms with Crippen molar-refractivity contribution in [2.45, 2.75) is 23.8 Å². The number of hydrogen-bond acceptors (Lipinski definition) is 3. The summed E-state index contributed by atoms with van der Waals surface area (Å²) in [4.78, 5) is 0.0551. The van der Waals surface area contributed by atoms with E-state index in [1.807, 2.05) is 0 Å². The maximum Gasteiger partial charge on any atom is 0.244 e. The minimum Gasteiger partial charge on any atom is -0.327 e. The fourth-order valence-corrected chi connectivity index (χ4v) is 4.81. The van der Waals surface area contributed by atoms with E-state index in [2.05, 4.69) is 15.9 Å². The molecule has 0 radical (unpaired) electrons. The summed E-state index contributed by atoms with van der Waals surface area (Å²) in [6.07, 6.45) is 1.59. The molecule has 0 saturated carbocycles. The van der Waals surface area contributed by atoms with Gasteiger partial charge in [-0.05, 0) is 40.9 Å². The summed E-state index contributed by atoms with van der Waals surface area (Å²) in [6.45, 7) is 0.783. The van der Waals surface area contributed by atoms with Crippen LogP contribution in [0.4, 0.5) is 0 Å². The van der Waals surface area contributed by atoms with Crippen LogP contribution in [0.3, 0.4) is 0 Å². The third-order valence-electron chi connectivity index (χ3n) is 3.01. The first-order valence-corrected chi connectivity index (χ1v) is 8.71. The molecule has 2 N–H and O–H groups in total. The Kier molecular flexibility index (Phi) is 6.59. The molecular weight excluding hydrogens is 410 g/mol. The molecule has 1 aromatic carbocycles. The number of sulfonamides is 1. The number of nitrogens with two attached hydrogens (primary N) is 1. The predicted molar refractivity (Wildman–Crippen MR) is 87.4 cm³/mol. The Labute approximate surface area is 143 Å². The molecule has 0 aromatic heterocycles. The highest BCUT2D eigenvalue weighted by molar-refractivity contribution is 9.10. The Bertz CT molecular complexity index is 598. The van der Waals surface area contributed by atoms with Crippen molar-refractivity contribution in [2.24, 2.45) is 5.73 Å². The monoisotopic (exact) mass is 422 g/mol. The van der Waals surface area contributed by atoms with E-state index in [0.29, 0.717) is 22.6 Å². The Hall–Kier alpha value is 0.440. The van der Waals surface area contributed by atoms with Gasteiger partial charge in [-0.25, -0.2) is 8.42 Å². The molecular formula is C11H14BrCl3N2O2S. The lowest BCUT2D eigenvalue weighted by Gasteiger charge is -2.30. The Morgan fingerprint density at radius 3 is 2.55 bits per heavy atom. The zero-order valence-electron chi connectivity index (χ0n) is 10.4. The molecule has 4 nitrogen and oxygen atoms in total. The molecule has 2 rings (SSSR count). The summed E-state index contributed by atoms with van der Waals surface area (Å²) < 4.78 is 27.0. The minimum atomic E-state index is -3.63. The molecule has 1 heterocycles. The lowest BCUT2D eigenvalue weighted by molar-refractivity contribution is 0.316. The van der Waals surface area contributed by atoms with E-state index in [1.165, 1.54) is 16.4 Å². The van der Waals surface area contributed by atoms with Gasteiger partial charge in [0.05, 0.1) is 10.0 Å². The van der Waals surface area contributed by atoms with Gasteiger partial charge in [0.2, 0.25) is 10.0 Å². The van der Waals surface area contributed by atoms with Gasteiger partial charge in [0.25, 0.3) is 0 Å². The van der Waals surface area contributed by atoms with E-state index in [-0.39, 0.29) is 28.4 Å². The van der Waals surface area contributed by atoms with Crippen molar-refractivity contribution in [1.29, 1.82) is 0 Å². The number of rotatable bonds is 2. The third kappa shape index (κ3) is 3.80. The molecule has 1 unspecified atom stereocenters. The number of benzene rings is 1. The van der Waals surface area contributed by atoms with Gasteiger partial charge in [0.1, 0.15) is 4.90 Å². The van der Waals surface area contributed by atoms with Crippen molar-refractivity contribution in [3.63, 3.8) is 0 Å². The van der Waals surface area contributed by atoms with E-state index >= 15 is 0 Å². The van der Waals surface area contributed by atoms with Crippen LogP contribution in [0.15, 0.2) is 21.5 Å². The quantitative estimate of drug-likeness (QED) is 0.741. The van der Waals surface area contributed by atoms with E-state index in [1.54, 1.807) is 0 Å². The van der Waals surface area contributed by atoms with Crippen molar-refractivity contribution in [3.05, 3.63) is 26.7 Å². The second-order valence-corrected chi connectivity index (χ2v) is 8.04. The van der Waals surface area contributed by atoms with Crippen LogP contribution in [0.5, 0.6) is 0 Å². The zero-order chi connectivity index (χ0) is 14.2. The second kappa shape index (κ2) is 7.13. The maximum atomic E-state index is 12.5. The largest absolute Gasteiger partial charge is 0.327 e. The Balaban J connectivity index is 0.00000200. The SMILES string of the molecule is Cl.NC1CCCN(S(=O)(=O)c2cc(Br)c(Cl)cc2Cl)C1. The molecule has 1 fully saturated rings. The van der Waals surface area contributed by atoms with E-state index in [4.69, 9.17) is 28.9 Å². The van der Waals surface area contributed by atoms with Crippen molar-refractivity contribution in [2.75, 3.05) is 13.1 Å². The van der Waals surface area contributed by atoms with Gasteiger partial charge in [-0.2, -0.15) is 4.31 Å². The fourth-order valence-electron chi connectivity index (χ4n) is 2.03. The topological polar surface area (TPSA) is 63.4 Å². The molecule has 1 aliphatic rings. The van der Waals surface area contributed by atoms with Crippen molar-refractivity contribution in [3.8, 4) is 0 Å². The molecule has 0 spiro atoms. The minimum absolute atomic E-state index is 0. The van der Waals surface area contributed by atoms with Gasteiger partial charge in [-0.1, -0.05) is 23.2 Å². The molecule has 9 heteroatoms. The first-order valence-electron chi connectivity index (χ1n) is 5.72. The lowest BCUT2D eigenvalue weighted by Crippen LogP contribution is -2.45.